The Hall–Kier alpha value is -2.88. The van der Waals surface area contributed by atoms with Crippen LogP contribution >= 0.6 is 0 Å². The highest BCUT2D eigenvalue weighted by molar-refractivity contribution is 6.10. The number of hydrogen-bond donors (Lipinski definition) is 1. The molecule has 0 heterocycles. The molecule has 0 unspecified atom stereocenters. The van der Waals surface area contributed by atoms with Gasteiger partial charge in [-0.05, 0) is 42.0 Å². The lowest BCUT2D eigenvalue weighted by atomic mass is 10.1. The van der Waals surface area contributed by atoms with Crippen molar-refractivity contribution >= 4 is 17.9 Å². The van der Waals surface area contributed by atoms with Crippen molar-refractivity contribution < 1.29 is 14.3 Å². The maximum atomic E-state index is 12.0. The number of ether oxygens (including phenoxy) is 1. The van der Waals surface area contributed by atoms with Crippen LogP contribution in [0.4, 0.5) is 0 Å². The topological polar surface area (TPSA) is 55.4 Å². The molecule has 2 aromatic carbocycles. The first-order valence-corrected chi connectivity index (χ1v) is 6.36. The van der Waals surface area contributed by atoms with Gasteiger partial charge in [0.2, 0.25) is 0 Å². The predicted molar refractivity (Wildman–Crippen MR) is 81.3 cm³/mol. The van der Waals surface area contributed by atoms with Crippen LogP contribution in [0.5, 0.6) is 5.75 Å². The highest BCUT2D eigenvalue weighted by Crippen LogP contribution is 2.11. The van der Waals surface area contributed by atoms with Gasteiger partial charge in [0.05, 0.1) is 7.11 Å². The summed E-state index contributed by atoms with van der Waals surface area (Å²) in [6, 6.07) is 13.3. The summed E-state index contributed by atoms with van der Waals surface area (Å²) in [5.41, 5.74) is 1.72. The Labute approximate surface area is 123 Å². The first-order valence-electron chi connectivity index (χ1n) is 6.36. The van der Waals surface area contributed by atoms with Gasteiger partial charge in [0, 0.05) is 11.1 Å². The van der Waals surface area contributed by atoms with Gasteiger partial charge in [0.1, 0.15) is 5.75 Å². The molecule has 0 saturated carbocycles. The zero-order valence-corrected chi connectivity index (χ0v) is 11.6. The van der Waals surface area contributed by atoms with Gasteiger partial charge in [-0.15, -0.1) is 0 Å². The van der Waals surface area contributed by atoms with E-state index in [1.54, 1.807) is 61.7 Å². The Bertz CT molecular complexity index is 657. The molecule has 0 bridgehead atoms. The van der Waals surface area contributed by atoms with Crippen molar-refractivity contribution in [2.75, 3.05) is 7.11 Å². The molecule has 4 nitrogen and oxygen atoms in total. The van der Waals surface area contributed by atoms with Crippen LogP contribution in [0, 0.1) is 0 Å². The van der Waals surface area contributed by atoms with Crippen molar-refractivity contribution in [2.45, 2.75) is 0 Å². The van der Waals surface area contributed by atoms with Crippen LogP contribution in [0.15, 0.2) is 55.1 Å². The molecule has 106 valence electrons. The predicted octanol–water partition coefficient (Wildman–Crippen LogP) is 2.91. The highest BCUT2D eigenvalue weighted by Gasteiger charge is 2.12. The summed E-state index contributed by atoms with van der Waals surface area (Å²) in [5, 5.41) is 2.34. The molecular weight excluding hydrogens is 266 g/mol. The second kappa shape index (κ2) is 6.52. The monoisotopic (exact) mass is 281 g/mol. The SMILES string of the molecule is C=Cc1ccc(C(=O)NC(=O)c2ccc(OC)cc2)cc1. The fourth-order valence-electron chi connectivity index (χ4n) is 1.76. The number of nitrogens with one attached hydrogen (secondary N) is 1. The molecule has 2 rings (SSSR count). The molecule has 0 fully saturated rings. The van der Waals surface area contributed by atoms with Crippen molar-refractivity contribution in [2.24, 2.45) is 0 Å². The number of amides is 2. The van der Waals surface area contributed by atoms with Gasteiger partial charge in [-0.3, -0.25) is 14.9 Å². The van der Waals surface area contributed by atoms with Crippen LogP contribution in [-0.2, 0) is 0 Å². The molecule has 2 amide bonds. The Morgan fingerprint density at radius 2 is 1.43 bits per heavy atom. The molecule has 0 aliphatic carbocycles. The maximum Gasteiger partial charge on any atom is 0.258 e. The van der Waals surface area contributed by atoms with Crippen molar-refractivity contribution in [3.05, 3.63) is 71.8 Å². The lowest BCUT2D eigenvalue weighted by Gasteiger charge is -2.05. The van der Waals surface area contributed by atoms with Gasteiger partial charge in [-0.25, -0.2) is 0 Å². The van der Waals surface area contributed by atoms with E-state index >= 15 is 0 Å². The molecule has 21 heavy (non-hydrogen) atoms. The number of carbonyl (C=O) groups is 2. The quantitative estimate of drug-likeness (QED) is 0.877. The summed E-state index contributed by atoms with van der Waals surface area (Å²) < 4.78 is 5.01. The third-order valence-corrected chi connectivity index (χ3v) is 2.99. The number of imide groups is 1. The van der Waals surface area contributed by atoms with Crippen molar-refractivity contribution in [1.82, 2.24) is 5.32 Å². The minimum absolute atomic E-state index is 0.395. The second-order valence-electron chi connectivity index (χ2n) is 4.34. The normalized spacial score (nSPS) is 9.76. The Balaban J connectivity index is 2.06. The standard InChI is InChI=1S/C17H15NO3/c1-3-12-4-6-13(7-5-12)16(19)18-17(20)14-8-10-15(21-2)11-9-14/h3-11H,1H2,2H3,(H,18,19,20). The second-order valence-corrected chi connectivity index (χ2v) is 4.34. The summed E-state index contributed by atoms with van der Waals surface area (Å²) in [6.07, 6.45) is 1.68. The van der Waals surface area contributed by atoms with Gasteiger partial charge in [0.25, 0.3) is 11.8 Å². The third kappa shape index (κ3) is 3.57. The molecule has 0 spiro atoms. The average Bonchev–Trinajstić information content (AvgIpc) is 2.55. The number of rotatable bonds is 4. The van der Waals surface area contributed by atoms with Gasteiger partial charge >= 0.3 is 0 Å². The Morgan fingerprint density at radius 1 is 0.952 bits per heavy atom. The molecule has 0 radical (unpaired) electrons. The summed E-state index contributed by atoms with van der Waals surface area (Å²) in [6.45, 7) is 3.64. The van der Waals surface area contributed by atoms with Crippen LogP contribution in [0.3, 0.4) is 0 Å². The maximum absolute atomic E-state index is 12.0. The van der Waals surface area contributed by atoms with Crippen LogP contribution in [0.25, 0.3) is 6.08 Å². The molecule has 2 aromatic rings. The molecule has 1 N–H and O–H groups in total. The molecule has 0 aliphatic rings. The smallest absolute Gasteiger partial charge is 0.258 e. The van der Waals surface area contributed by atoms with Gasteiger partial charge in [-0.2, -0.15) is 0 Å². The summed E-state index contributed by atoms with van der Waals surface area (Å²) in [4.78, 5) is 23.9. The summed E-state index contributed by atoms with van der Waals surface area (Å²) >= 11 is 0. The van der Waals surface area contributed by atoms with E-state index in [1.807, 2.05) is 0 Å². The molecule has 4 heteroatoms. The Kier molecular flexibility index (Phi) is 4.51. The van der Waals surface area contributed by atoms with Gasteiger partial charge < -0.3 is 4.74 Å². The summed E-state index contributed by atoms with van der Waals surface area (Å²) in [7, 11) is 1.55. The third-order valence-electron chi connectivity index (χ3n) is 2.99. The van der Waals surface area contributed by atoms with Gasteiger partial charge in [0.15, 0.2) is 0 Å². The fourth-order valence-corrected chi connectivity index (χ4v) is 1.76. The summed E-state index contributed by atoms with van der Waals surface area (Å²) in [5.74, 6) is -0.236. The Morgan fingerprint density at radius 3 is 1.86 bits per heavy atom. The molecule has 0 aliphatic heterocycles. The number of carbonyl (C=O) groups excluding carboxylic acids is 2. The zero-order chi connectivity index (χ0) is 15.2. The van der Waals surface area contributed by atoms with E-state index in [1.165, 1.54) is 0 Å². The van der Waals surface area contributed by atoms with Crippen molar-refractivity contribution in [3.8, 4) is 5.75 Å². The lowest BCUT2D eigenvalue weighted by Crippen LogP contribution is -2.30. The number of methoxy groups -OCH3 is 1. The van der Waals surface area contributed by atoms with E-state index in [0.717, 1.165) is 5.56 Å². The van der Waals surface area contributed by atoms with E-state index in [9.17, 15) is 9.59 Å². The fraction of sp³-hybridized carbons (Fsp3) is 0.0588. The first kappa shape index (κ1) is 14.5. The minimum atomic E-state index is -0.449. The van der Waals surface area contributed by atoms with E-state index in [-0.39, 0.29) is 0 Å². The van der Waals surface area contributed by atoms with Crippen molar-refractivity contribution in [3.63, 3.8) is 0 Å². The van der Waals surface area contributed by atoms with Crippen molar-refractivity contribution in [1.29, 1.82) is 0 Å². The van der Waals surface area contributed by atoms with Crippen LogP contribution in [0.2, 0.25) is 0 Å². The van der Waals surface area contributed by atoms with Crippen LogP contribution in [-0.4, -0.2) is 18.9 Å². The molecule has 0 saturated heterocycles. The number of benzene rings is 2. The van der Waals surface area contributed by atoms with Crippen LogP contribution < -0.4 is 10.1 Å². The molecule has 0 aromatic heterocycles. The average molecular weight is 281 g/mol. The van der Waals surface area contributed by atoms with Crippen LogP contribution in [0.1, 0.15) is 26.3 Å². The highest BCUT2D eigenvalue weighted by atomic mass is 16.5. The minimum Gasteiger partial charge on any atom is -0.497 e. The van der Waals surface area contributed by atoms with E-state index in [0.29, 0.717) is 16.9 Å². The van der Waals surface area contributed by atoms with E-state index in [2.05, 4.69) is 11.9 Å². The lowest BCUT2D eigenvalue weighted by molar-refractivity contribution is 0.0849. The zero-order valence-electron chi connectivity index (χ0n) is 11.6. The first-order chi connectivity index (χ1) is 10.1. The number of hydrogen-bond acceptors (Lipinski definition) is 3. The molecule has 0 atom stereocenters. The molecular formula is C17H15NO3. The largest absolute Gasteiger partial charge is 0.497 e. The van der Waals surface area contributed by atoms with Gasteiger partial charge in [-0.1, -0.05) is 24.8 Å². The van der Waals surface area contributed by atoms with E-state index in [4.69, 9.17) is 4.74 Å². The van der Waals surface area contributed by atoms with E-state index < -0.39 is 11.8 Å².